The zero-order valence-electron chi connectivity index (χ0n) is 26.2. The summed E-state index contributed by atoms with van der Waals surface area (Å²) in [7, 11) is 1.65. The van der Waals surface area contributed by atoms with Crippen LogP contribution in [0, 0.1) is 0 Å². The number of anilines is 1. The summed E-state index contributed by atoms with van der Waals surface area (Å²) in [6, 6.07) is 40.4. The highest BCUT2D eigenvalue weighted by molar-refractivity contribution is 5.88. The summed E-state index contributed by atoms with van der Waals surface area (Å²) in [6.45, 7) is 8.76. The summed E-state index contributed by atoms with van der Waals surface area (Å²) in [5, 5.41) is 3.55. The van der Waals surface area contributed by atoms with Crippen LogP contribution >= 0.6 is 0 Å². The van der Waals surface area contributed by atoms with Gasteiger partial charge in [-0.3, -0.25) is 4.79 Å². The molecule has 5 rings (SSSR count). The number of carbonyl (C=O) groups is 1. The lowest BCUT2D eigenvalue weighted by atomic mass is 9.87. The quantitative estimate of drug-likeness (QED) is 0.124. The van der Waals surface area contributed by atoms with Crippen LogP contribution in [-0.2, 0) is 4.79 Å². The molecule has 1 atom stereocenters. The van der Waals surface area contributed by atoms with Gasteiger partial charge in [0.1, 0.15) is 11.5 Å². The topological polar surface area (TPSA) is 47.6 Å². The minimum Gasteiger partial charge on any atom is -0.495 e. The van der Waals surface area contributed by atoms with Crippen LogP contribution in [0.2, 0.25) is 0 Å². The summed E-state index contributed by atoms with van der Waals surface area (Å²) >= 11 is 0. The Labute approximate surface area is 261 Å². The van der Waals surface area contributed by atoms with Gasteiger partial charge in [-0.05, 0) is 51.8 Å². The SMILES string of the molecule is COc1ccccc1NC(CC(=O)Oc1c(-c2ccccc2C(C)C)cccc1-c1ccccc1C(C)C)c1ccccc1. The third-order valence-electron chi connectivity index (χ3n) is 7.99. The van der Waals surface area contributed by atoms with E-state index in [2.05, 4.69) is 87.6 Å². The van der Waals surface area contributed by atoms with Crippen molar-refractivity contribution < 1.29 is 14.3 Å². The van der Waals surface area contributed by atoms with E-state index in [0.717, 1.165) is 33.5 Å². The highest BCUT2D eigenvalue weighted by Crippen LogP contribution is 2.44. The van der Waals surface area contributed by atoms with E-state index in [1.165, 1.54) is 11.1 Å². The average molecular weight is 584 g/mol. The van der Waals surface area contributed by atoms with Crippen LogP contribution in [0.4, 0.5) is 5.69 Å². The summed E-state index contributed by atoms with van der Waals surface area (Å²) in [4.78, 5) is 14.1. The molecule has 5 aromatic rings. The van der Waals surface area contributed by atoms with Gasteiger partial charge in [0.05, 0.1) is 25.3 Å². The normalized spacial score (nSPS) is 11.8. The standard InChI is InChI=1S/C40H41NO3/c1-27(2)30-18-9-11-20-32(30)34-22-15-23-35(33-21-12-10-19-31(33)28(3)4)40(34)44-39(42)26-37(29-16-7-6-8-17-29)41-36-24-13-14-25-38(36)43-5/h6-25,27-28,37,41H,26H2,1-5H3. The predicted octanol–water partition coefficient (Wildman–Crippen LogP) is 10.4. The number of ether oxygens (including phenoxy) is 2. The molecule has 0 aliphatic heterocycles. The van der Waals surface area contributed by atoms with Crippen LogP contribution in [0.15, 0.2) is 121 Å². The molecule has 4 nitrogen and oxygen atoms in total. The number of methoxy groups -OCH3 is 1. The first-order chi connectivity index (χ1) is 21.4. The number of para-hydroxylation sites is 3. The van der Waals surface area contributed by atoms with Crippen LogP contribution in [0.3, 0.4) is 0 Å². The average Bonchev–Trinajstić information content (AvgIpc) is 3.05. The smallest absolute Gasteiger partial charge is 0.313 e. The second kappa shape index (κ2) is 14.1. The first-order valence-electron chi connectivity index (χ1n) is 15.3. The Hall–Kier alpha value is -4.83. The van der Waals surface area contributed by atoms with E-state index in [-0.39, 0.29) is 18.4 Å². The number of esters is 1. The van der Waals surface area contributed by atoms with Gasteiger partial charge in [-0.2, -0.15) is 0 Å². The minimum absolute atomic E-state index is 0.119. The fourth-order valence-electron chi connectivity index (χ4n) is 5.77. The second-order valence-corrected chi connectivity index (χ2v) is 11.7. The Morgan fingerprint density at radius 2 is 1.11 bits per heavy atom. The zero-order chi connectivity index (χ0) is 31.1. The summed E-state index contributed by atoms with van der Waals surface area (Å²) < 4.78 is 12.1. The maximum Gasteiger partial charge on any atom is 0.313 e. The highest BCUT2D eigenvalue weighted by Gasteiger charge is 2.24. The molecule has 224 valence electrons. The van der Waals surface area contributed by atoms with E-state index in [4.69, 9.17) is 9.47 Å². The molecule has 0 bridgehead atoms. The van der Waals surface area contributed by atoms with Crippen molar-refractivity contribution >= 4 is 11.7 Å². The van der Waals surface area contributed by atoms with Crippen molar-refractivity contribution in [3.8, 4) is 33.8 Å². The van der Waals surface area contributed by atoms with Gasteiger partial charge in [0, 0.05) is 11.1 Å². The van der Waals surface area contributed by atoms with Crippen LogP contribution in [-0.4, -0.2) is 13.1 Å². The van der Waals surface area contributed by atoms with Gasteiger partial charge in [0.15, 0.2) is 0 Å². The number of carbonyl (C=O) groups excluding carboxylic acids is 1. The van der Waals surface area contributed by atoms with E-state index in [0.29, 0.717) is 23.3 Å². The summed E-state index contributed by atoms with van der Waals surface area (Å²) in [5.41, 5.74) is 8.18. The largest absolute Gasteiger partial charge is 0.495 e. The first kappa shape index (κ1) is 30.6. The molecule has 0 radical (unpaired) electrons. The van der Waals surface area contributed by atoms with Crippen LogP contribution < -0.4 is 14.8 Å². The molecular formula is C40H41NO3. The second-order valence-electron chi connectivity index (χ2n) is 11.7. The fraction of sp³-hybridized carbons (Fsp3) is 0.225. The number of rotatable bonds is 11. The van der Waals surface area contributed by atoms with Crippen molar-refractivity contribution in [1.82, 2.24) is 0 Å². The lowest BCUT2D eigenvalue weighted by molar-refractivity contribution is -0.134. The third kappa shape index (κ3) is 6.86. The molecule has 4 heteroatoms. The lowest BCUT2D eigenvalue weighted by Gasteiger charge is -2.23. The highest BCUT2D eigenvalue weighted by atomic mass is 16.5. The molecule has 44 heavy (non-hydrogen) atoms. The number of hydrogen-bond acceptors (Lipinski definition) is 4. The minimum atomic E-state index is -0.332. The fourth-order valence-corrected chi connectivity index (χ4v) is 5.77. The monoisotopic (exact) mass is 583 g/mol. The van der Waals surface area contributed by atoms with Gasteiger partial charge >= 0.3 is 5.97 Å². The van der Waals surface area contributed by atoms with Crippen LogP contribution in [0.5, 0.6) is 11.5 Å². The Kier molecular flexibility index (Phi) is 9.81. The molecule has 0 aliphatic rings. The van der Waals surface area contributed by atoms with Gasteiger partial charge in [-0.25, -0.2) is 0 Å². The van der Waals surface area contributed by atoms with E-state index in [1.807, 2.05) is 66.7 Å². The molecule has 1 N–H and O–H groups in total. The van der Waals surface area contributed by atoms with Gasteiger partial charge in [0.25, 0.3) is 0 Å². The van der Waals surface area contributed by atoms with Crippen molar-refractivity contribution in [2.45, 2.75) is 52.0 Å². The Bertz CT molecular complexity index is 1640. The number of hydrogen-bond donors (Lipinski definition) is 1. The molecule has 0 aliphatic carbocycles. The molecule has 0 amide bonds. The van der Waals surface area contributed by atoms with Gasteiger partial charge in [-0.15, -0.1) is 0 Å². The maximum absolute atomic E-state index is 14.1. The molecule has 0 aromatic heterocycles. The molecule has 0 spiro atoms. The number of benzene rings is 5. The number of nitrogens with one attached hydrogen (secondary N) is 1. The molecule has 5 aromatic carbocycles. The molecule has 0 saturated carbocycles. The van der Waals surface area contributed by atoms with Crippen LogP contribution in [0.25, 0.3) is 22.3 Å². The van der Waals surface area contributed by atoms with Crippen molar-refractivity contribution in [2.24, 2.45) is 0 Å². The van der Waals surface area contributed by atoms with Gasteiger partial charge < -0.3 is 14.8 Å². The van der Waals surface area contributed by atoms with Crippen molar-refractivity contribution in [3.63, 3.8) is 0 Å². The molecule has 0 saturated heterocycles. The Morgan fingerprint density at radius 3 is 1.68 bits per heavy atom. The van der Waals surface area contributed by atoms with Gasteiger partial charge in [-0.1, -0.05) is 137 Å². The molecule has 0 fully saturated rings. The van der Waals surface area contributed by atoms with E-state index >= 15 is 0 Å². The van der Waals surface area contributed by atoms with Crippen LogP contribution in [0.1, 0.15) is 68.7 Å². The van der Waals surface area contributed by atoms with Crippen molar-refractivity contribution in [2.75, 3.05) is 12.4 Å². The maximum atomic E-state index is 14.1. The summed E-state index contributed by atoms with van der Waals surface area (Å²) in [5.74, 6) is 1.58. The molecule has 1 unspecified atom stereocenters. The van der Waals surface area contributed by atoms with Crippen molar-refractivity contribution in [3.05, 3.63) is 138 Å². The first-order valence-corrected chi connectivity index (χ1v) is 15.3. The van der Waals surface area contributed by atoms with Crippen molar-refractivity contribution in [1.29, 1.82) is 0 Å². The zero-order valence-corrected chi connectivity index (χ0v) is 26.2. The molecule has 0 heterocycles. The predicted molar refractivity (Wildman–Crippen MR) is 182 cm³/mol. The van der Waals surface area contributed by atoms with Gasteiger partial charge in [0.2, 0.25) is 0 Å². The summed E-state index contributed by atoms with van der Waals surface area (Å²) in [6.07, 6.45) is 0.119. The third-order valence-corrected chi connectivity index (χ3v) is 7.99. The lowest BCUT2D eigenvalue weighted by Crippen LogP contribution is -2.20. The Morgan fingerprint density at radius 1 is 0.614 bits per heavy atom. The van der Waals surface area contributed by atoms with E-state index < -0.39 is 0 Å². The molecular weight excluding hydrogens is 542 g/mol. The Balaban J connectivity index is 1.59. The van der Waals surface area contributed by atoms with E-state index in [9.17, 15) is 4.79 Å². The van der Waals surface area contributed by atoms with E-state index in [1.54, 1.807) is 7.11 Å².